The fourth-order valence-electron chi connectivity index (χ4n) is 4.13. The molecule has 1 saturated heterocycles. The van der Waals surface area contributed by atoms with Gasteiger partial charge in [-0.25, -0.2) is 4.79 Å². The highest BCUT2D eigenvalue weighted by molar-refractivity contribution is 5.79. The number of carbonyl (C=O) groups excluding carboxylic acids is 2. The zero-order chi connectivity index (χ0) is 18.6. The summed E-state index contributed by atoms with van der Waals surface area (Å²) in [5, 5.41) is 0. The highest BCUT2D eigenvalue weighted by Gasteiger charge is 2.38. The van der Waals surface area contributed by atoms with Crippen molar-refractivity contribution in [1.29, 1.82) is 0 Å². The van der Waals surface area contributed by atoms with Crippen LogP contribution in [0.4, 0.5) is 4.79 Å². The van der Waals surface area contributed by atoms with Gasteiger partial charge in [-0.15, -0.1) is 0 Å². The molecule has 4 rings (SSSR count). The molecule has 138 valence electrons. The summed E-state index contributed by atoms with van der Waals surface area (Å²) in [4.78, 5) is 25.8. The quantitative estimate of drug-likeness (QED) is 0.732. The van der Waals surface area contributed by atoms with Crippen molar-refractivity contribution in [2.45, 2.75) is 44.4 Å². The second-order valence-corrected chi connectivity index (χ2v) is 7.24. The highest BCUT2D eigenvalue weighted by atomic mass is 16.6. The Hall–Kier alpha value is -2.88. The van der Waals surface area contributed by atoms with Crippen LogP contribution in [-0.4, -0.2) is 29.4 Å². The molecule has 0 N–H and O–H groups in total. The van der Waals surface area contributed by atoms with Crippen LogP contribution in [-0.2, 0) is 11.3 Å². The van der Waals surface area contributed by atoms with Gasteiger partial charge in [0.2, 0.25) is 0 Å². The summed E-state index contributed by atoms with van der Waals surface area (Å²) in [5.74, 6) is 0. The van der Waals surface area contributed by atoms with Gasteiger partial charge in [0.1, 0.15) is 12.9 Å². The Morgan fingerprint density at radius 3 is 2.74 bits per heavy atom. The minimum absolute atomic E-state index is 0.0654. The molecular formula is C23H23NO3. The first-order chi connectivity index (χ1) is 13.2. The van der Waals surface area contributed by atoms with Gasteiger partial charge in [0.05, 0.1) is 6.04 Å². The molecule has 1 amide bonds. The molecule has 4 nitrogen and oxygen atoms in total. The lowest BCUT2D eigenvalue weighted by Gasteiger charge is -2.44. The average molecular weight is 361 g/mol. The molecule has 1 fully saturated rings. The molecule has 2 aromatic carbocycles. The lowest BCUT2D eigenvalue weighted by Crippen LogP contribution is -2.51. The molecule has 2 aromatic rings. The van der Waals surface area contributed by atoms with E-state index in [9.17, 15) is 9.59 Å². The molecule has 0 radical (unpaired) electrons. The van der Waals surface area contributed by atoms with Crippen LogP contribution in [0.3, 0.4) is 0 Å². The molecule has 27 heavy (non-hydrogen) atoms. The third kappa shape index (κ3) is 3.80. The molecule has 0 aromatic heterocycles. The van der Waals surface area contributed by atoms with Crippen LogP contribution >= 0.6 is 0 Å². The van der Waals surface area contributed by atoms with E-state index in [4.69, 9.17) is 4.74 Å². The van der Waals surface area contributed by atoms with Gasteiger partial charge >= 0.3 is 6.09 Å². The van der Waals surface area contributed by atoms with Crippen molar-refractivity contribution in [3.05, 3.63) is 77.4 Å². The van der Waals surface area contributed by atoms with Crippen LogP contribution < -0.4 is 0 Å². The van der Waals surface area contributed by atoms with Crippen molar-refractivity contribution in [1.82, 2.24) is 4.90 Å². The lowest BCUT2D eigenvalue weighted by atomic mass is 9.83. The van der Waals surface area contributed by atoms with Crippen molar-refractivity contribution in [2.75, 3.05) is 0 Å². The monoisotopic (exact) mass is 361 g/mol. The molecule has 2 aliphatic rings. The predicted octanol–water partition coefficient (Wildman–Crippen LogP) is 4.85. The van der Waals surface area contributed by atoms with E-state index < -0.39 is 0 Å². The Morgan fingerprint density at radius 2 is 1.96 bits per heavy atom. The number of aldehydes is 1. The molecule has 0 saturated carbocycles. The van der Waals surface area contributed by atoms with E-state index in [-0.39, 0.29) is 18.2 Å². The summed E-state index contributed by atoms with van der Waals surface area (Å²) in [6.45, 7) is 0.299. The summed E-state index contributed by atoms with van der Waals surface area (Å²) >= 11 is 0. The number of carbonyl (C=O) groups is 2. The predicted molar refractivity (Wildman–Crippen MR) is 104 cm³/mol. The fourth-order valence-corrected chi connectivity index (χ4v) is 4.13. The first-order valence-electron chi connectivity index (χ1n) is 9.50. The Kier molecular flexibility index (Phi) is 5.05. The van der Waals surface area contributed by atoms with E-state index in [1.165, 1.54) is 5.57 Å². The number of hydrogen-bond acceptors (Lipinski definition) is 3. The molecule has 0 spiro atoms. The van der Waals surface area contributed by atoms with E-state index >= 15 is 0 Å². The second kappa shape index (κ2) is 7.78. The van der Waals surface area contributed by atoms with Gasteiger partial charge < -0.3 is 4.74 Å². The molecule has 2 heterocycles. The second-order valence-electron chi connectivity index (χ2n) is 7.24. The number of benzene rings is 2. The maximum Gasteiger partial charge on any atom is 0.410 e. The van der Waals surface area contributed by atoms with Gasteiger partial charge in [-0.2, -0.15) is 0 Å². The van der Waals surface area contributed by atoms with Gasteiger partial charge in [0.15, 0.2) is 0 Å². The zero-order valence-corrected chi connectivity index (χ0v) is 15.2. The highest BCUT2D eigenvalue weighted by Crippen LogP contribution is 2.37. The molecule has 2 bridgehead atoms. The van der Waals surface area contributed by atoms with Gasteiger partial charge in [0.25, 0.3) is 0 Å². The van der Waals surface area contributed by atoms with Crippen LogP contribution in [0.2, 0.25) is 0 Å². The largest absolute Gasteiger partial charge is 0.445 e. The third-order valence-corrected chi connectivity index (χ3v) is 5.45. The first-order valence-corrected chi connectivity index (χ1v) is 9.50. The normalized spacial score (nSPS) is 21.3. The number of nitrogens with zero attached hydrogens (tertiary/aromatic N) is 1. The van der Waals surface area contributed by atoms with Crippen LogP contribution in [0.5, 0.6) is 0 Å². The molecule has 2 atom stereocenters. The average Bonchev–Trinajstić information content (AvgIpc) is 2.72. The summed E-state index contributed by atoms with van der Waals surface area (Å²) in [7, 11) is 0. The van der Waals surface area contributed by atoms with E-state index in [0.29, 0.717) is 12.2 Å². The molecule has 2 unspecified atom stereocenters. The Balaban J connectivity index is 1.51. The van der Waals surface area contributed by atoms with Crippen LogP contribution in [0, 0.1) is 0 Å². The minimum atomic E-state index is -0.231. The lowest BCUT2D eigenvalue weighted by molar-refractivity contribution is 0.0510. The van der Waals surface area contributed by atoms with Crippen molar-refractivity contribution in [2.24, 2.45) is 0 Å². The van der Waals surface area contributed by atoms with Crippen LogP contribution in [0.1, 0.15) is 47.2 Å². The van der Waals surface area contributed by atoms with Gasteiger partial charge in [-0.05, 0) is 48.4 Å². The Labute approximate surface area is 159 Å². The van der Waals surface area contributed by atoms with Gasteiger partial charge in [-0.3, -0.25) is 9.69 Å². The summed E-state index contributed by atoms with van der Waals surface area (Å²) in [5.41, 5.74) is 3.98. The maximum absolute atomic E-state index is 12.8. The minimum Gasteiger partial charge on any atom is -0.445 e. The van der Waals surface area contributed by atoms with E-state index in [0.717, 1.165) is 43.1 Å². The van der Waals surface area contributed by atoms with Crippen molar-refractivity contribution < 1.29 is 14.3 Å². The standard InChI is InChI=1S/C23H23NO3/c25-15-18-8-4-9-19(12-18)20-13-21-10-5-11-22(14-20)24(21)23(26)27-16-17-6-2-1-3-7-17/h1-4,6-9,12-13,15,21-22H,5,10-11,14,16H2. The maximum atomic E-state index is 12.8. The third-order valence-electron chi connectivity index (χ3n) is 5.45. The zero-order valence-electron chi connectivity index (χ0n) is 15.2. The fraction of sp³-hybridized carbons (Fsp3) is 0.304. The number of rotatable bonds is 4. The molecular weight excluding hydrogens is 338 g/mol. The van der Waals surface area contributed by atoms with Gasteiger partial charge in [-0.1, -0.05) is 54.6 Å². The number of amides is 1. The first kappa shape index (κ1) is 17.5. The van der Waals surface area contributed by atoms with Crippen LogP contribution in [0.15, 0.2) is 60.7 Å². The number of fused-ring (bicyclic) bond motifs is 2. The van der Waals surface area contributed by atoms with E-state index in [1.807, 2.05) is 59.5 Å². The number of ether oxygens (including phenoxy) is 1. The smallest absolute Gasteiger partial charge is 0.410 e. The molecule has 4 heteroatoms. The van der Waals surface area contributed by atoms with Crippen molar-refractivity contribution in [3.8, 4) is 0 Å². The topological polar surface area (TPSA) is 46.6 Å². The summed E-state index contributed by atoms with van der Waals surface area (Å²) < 4.78 is 5.59. The summed E-state index contributed by atoms with van der Waals surface area (Å²) in [6, 6.07) is 17.7. The van der Waals surface area contributed by atoms with E-state index in [1.54, 1.807) is 0 Å². The van der Waals surface area contributed by atoms with Crippen LogP contribution in [0.25, 0.3) is 5.57 Å². The number of piperidine rings is 1. The number of hydrogen-bond donors (Lipinski definition) is 0. The molecule has 0 aliphatic carbocycles. The Morgan fingerprint density at radius 1 is 1.11 bits per heavy atom. The van der Waals surface area contributed by atoms with Gasteiger partial charge in [0, 0.05) is 11.6 Å². The SMILES string of the molecule is O=Cc1cccc(C2=CC3CCCC(C2)N3C(=O)OCc2ccccc2)c1. The van der Waals surface area contributed by atoms with E-state index in [2.05, 4.69) is 6.08 Å². The Bertz CT molecular complexity index is 859. The summed E-state index contributed by atoms with van der Waals surface area (Å²) in [6.07, 6.45) is 6.69. The van der Waals surface area contributed by atoms with Crippen molar-refractivity contribution in [3.63, 3.8) is 0 Å². The van der Waals surface area contributed by atoms with Crippen molar-refractivity contribution >= 4 is 18.0 Å². The molecule has 2 aliphatic heterocycles.